The molecule has 0 radical (unpaired) electrons. The Balaban J connectivity index is 2.87. The molecule has 0 aliphatic carbocycles. The minimum atomic E-state index is -1.09. The number of nitrogens with one attached hydrogen (secondary N) is 1. The zero-order valence-corrected chi connectivity index (χ0v) is 10.7. The fraction of sp³-hybridized carbons (Fsp3) is 0.400. The van der Waals surface area contributed by atoms with Gasteiger partial charge in [0, 0.05) is 12.7 Å². The van der Waals surface area contributed by atoms with Crippen molar-refractivity contribution in [3.63, 3.8) is 0 Å². The molecule has 2 N–H and O–H groups in total. The van der Waals surface area contributed by atoms with Crippen LogP contribution in [-0.4, -0.2) is 37.7 Å². The van der Waals surface area contributed by atoms with Gasteiger partial charge in [0.2, 0.25) is 0 Å². The number of aryl methyl sites for hydroxylation is 2. The molecule has 0 unspecified atom stereocenters. The van der Waals surface area contributed by atoms with Gasteiger partial charge in [-0.2, -0.15) is 0 Å². The zero-order chi connectivity index (χ0) is 13.0. The van der Waals surface area contributed by atoms with E-state index < -0.39 is 6.09 Å². The molecular formula is C10H14N4O2S. The van der Waals surface area contributed by atoms with Gasteiger partial charge in [-0.3, -0.25) is 9.88 Å². The fourth-order valence-electron chi connectivity index (χ4n) is 1.19. The van der Waals surface area contributed by atoms with Crippen LogP contribution >= 0.6 is 12.2 Å². The maximum atomic E-state index is 10.9. The lowest BCUT2D eigenvalue weighted by atomic mass is 10.4. The van der Waals surface area contributed by atoms with E-state index in [1.807, 2.05) is 0 Å². The number of rotatable bonds is 2. The van der Waals surface area contributed by atoms with Crippen LogP contribution in [0.25, 0.3) is 0 Å². The Morgan fingerprint density at radius 2 is 2.24 bits per heavy atom. The van der Waals surface area contributed by atoms with Crippen molar-refractivity contribution >= 4 is 29.2 Å². The van der Waals surface area contributed by atoms with Crippen LogP contribution in [0.2, 0.25) is 0 Å². The number of hydrogen-bond donors (Lipinski definition) is 2. The Labute approximate surface area is 105 Å². The smallest absolute Gasteiger partial charge is 0.413 e. The summed E-state index contributed by atoms with van der Waals surface area (Å²) in [6.07, 6.45) is 0.543. The first-order chi connectivity index (χ1) is 7.95. The number of thiocarbonyl (C=S) groups is 1. The van der Waals surface area contributed by atoms with Crippen LogP contribution in [0, 0.1) is 13.8 Å². The standard InChI is InChI=1S/C10H14N4O2S/c1-4-14(10(15)16)9(17)13-8-7(3)11-5-6(2)12-8/h5H,4H2,1-3H3,(H,15,16)(H,12,13,17). The minimum Gasteiger partial charge on any atom is -0.465 e. The molecule has 0 aliphatic heterocycles. The number of carbonyl (C=O) groups is 1. The summed E-state index contributed by atoms with van der Waals surface area (Å²) in [6, 6.07) is 0. The highest BCUT2D eigenvalue weighted by Crippen LogP contribution is 2.09. The first-order valence-corrected chi connectivity index (χ1v) is 5.48. The average Bonchev–Trinajstić information content (AvgIpc) is 2.24. The van der Waals surface area contributed by atoms with E-state index in [-0.39, 0.29) is 11.7 Å². The van der Waals surface area contributed by atoms with Crippen molar-refractivity contribution in [1.29, 1.82) is 0 Å². The van der Waals surface area contributed by atoms with Crippen molar-refractivity contribution in [3.8, 4) is 0 Å². The summed E-state index contributed by atoms with van der Waals surface area (Å²) in [4.78, 5) is 20.2. The van der Waals surface area contributed by atoms with E-state index >= 15 is 0 Å². The lowest BCUT2D eigenvalue weighted by molar-refractivity contribution is 0.171. The summed E-state index contributed by atoms with van der Waals surface area (Å²) in [5.41, 5.74) is 1.40. The molecule has 6 nitrogen and oxygen atoms in total. The molecule has 1 heterocycles. The van der Waals surface area contributed by atoms with Gasteiger partial charge in [0.15, 0.2) is 10.9 Å². The SMILES string of the molecule is CCN(C(=O)O)C(=S)Nc1nc(C)cnc1C. The summed E-state index contributed by atoms with van der Waals surface area (Å²) >= 11 is 5.00. The van der Waals surface area contributed by atoms with Gasteiger partial charge >= 0.3 is 6.09 Å². The van der Waals surface area contributed by atoms with Crippen LogP contribution in [0.15, 0.2) is 6.20 Å². The summed E-state index contributed by atoms with van der Waals surface area (Å²) in [6.45, 7) is 5.56. The highest BCUT2D eigenvalue weighted by molar-refractivity contribution is 7.80. The predicted octanol–water partition coefficient (Wildman–Crippen LogP) is 1.79. The van der Waals surface area contributed by atoms with E-state index in [2.05, 4.69) is 15.3 Å². The molecule has 0 aromatic carbocycles. The third kappa shape index (κ3) is 3.35. The Morgan fingerprint density at radius 1 is 1.59 bits per heavy atom. The molecule has 17 heavy (non-hydrogen) atoms. The van der Waals surface area contributed by atoms with Gasteiger partial charge in [-0.15, -0.1) is 0 Å². The Morgan fingerprint density at radius 3 is 2.76 bits per heavy atom. The van der Waals surface area contributed by atoms with Crippen LogP contribution in [0.1, 0.15) is 18.3 Å². The quantitative estimate of drug-likeness (QED) is 0.783. The number of nitrogens with zero attached hydrogens (tertiary/aromatic N) is 3. The van der Waals surface area contributed by atoms with Gasteiger partial charge in [-0.05, 0) is 33.0 Å². The van der Waals surface area contributed by atoms with E-state index in [4.69, 9.17) is 17.3 Å². The van der Waals surface area contributed by atoms with Gasteiger partial charge in [-0.1, -0.05) is 0 Å². The average molecular weight is 254 g/mol. The van der Waals surface area contributed by atoms with E-state index in [0.29, 0.717) is 11.5 Å². The first-order valence-electron chi connectivity index (χ1n) is 5.07. The molecule has 0 bridgehead atoms. The molecule has 0 fully saturated rings. The summed E-state index contributed by atoms with van der Waals surface area (Å²) in [7, 11) is 0. The highest BCUT2D eigenvalue weighted by atomic mass is 32.1. The van der Waals surface area contributed by atoms with E-state index in [0.717, 1.165) is 10.6 Å². The van der Waals surface area contributed by atoms with Gasteiger partial charge in [0.25, 0.3) is 0 Å². The Bertz CT molecular complexity index is 450. The van der Waals surface area contributed by atoms with Gasteiger partial charge in [0.1, 0.15) is 0 Å². The topological polar surface area (TPSA) is 78.4 Å². The molecule has 0 spiro atoms. The predicted molar refractivity (Wildman–Crippen MR) is 68.1 cm³/mol. The fourth-order valence-corrected chi connectivity index (χ4v) is 1.49. The number of anilines is 1. The van der Waals surface area contributed by atoms with Crippen LogP contribution in [-0.2, 0) is 0 Å². The van der Waals surface area contributed by atoms with Gasteiger partial charge in [0.05, 0.1) is 11.4 Å². The molecule has 1 amide bonds. The molecule has 0 saturated carbocycles. The summed E-state index contributed by atoms with van der Waals surface area (Å²) < 4.78 is 0. The maximum absolute atomic E-state index is 10.9. The molecule has 1 rings (SSSR count). The molecular weight excluding hydrogens is 240 g/mol. The van der Waals surface area contributed by atoms with E-state index in [9.17, 15) is 4.79 Å². The highest BCUT2D eigenvalue weighted by Gasteiger charge is 2.16. The Hall–Kier alpha value is -1.76. The van der Waals surface area contributed by atoms with Gasteiger partial charge < -0.3 is 10.4 Å². The second-order valence-electron chi connectivity index (χ2n) is 3.40. The van der Waals surface area contributed by atoms with Crippen LogP contribution in [0.5, 0.6) is 0 Å². The third-order valence-corrected chi connectivity index (χ3v) is 2.42. The van der Waals surface area contributed by atoms with Crippen LogP contribution in [0.4, 0.5) is 10.6 Å². The lowest BCUT2D eigenvalue weighted by Crippen LogP contribution is -2.38. The summed E-state index contributed by atoms with van der Waals surface area (Å²) in [5.74, 6) is 0.481. The Kier molecular flexibility index (Phi) is 4.33. The van der Waals surface area contributed by atoms with Gasteiger partial charge in [-0.25, -0.2) is 9.78 Å². The number of aromatic nitrogens is 2. The largest absolute Gasteiger partial charge is 0.465 e. The van der Waals surface area contributed by atoms with Crippen molar-refractivity contribution in [2.45, 2.75) is 20.8 Å². The molecule has 1 aromatic heterocycles. The van der Waals surface area contributed by atoms with Crippen molar-refractivity contribution in [3.05, 3.63) is 17.6 Å². The second kappa shape index (κ2) is 5.53. The summed E-state index contributed by atoms with van der Waals surface area (Å²) in [5, 5.41) is 11.8. The number of carboxylic acid groups (broad SMARTS) is 1. The normalized spacial score (nSPS) is 9.82. The second-order valence-corrected chi connectivity index (χ2v) is 3.79. The monoisotopic (exact) mass is 254 g/mol. The molecule has 7 heteroatoms. The van der Waals surface area contributed by atoms with Crippen molar-refractivity contribution in [2.24, 2.45) is 0 Å². The third-order valence-electron chi connectivity index (χ3n) is 2.09. The zero-order valence-electron chi connectivity index (χ0n) is 9.89. The van der Waals surface area contributed by atoms with Crippen LogP contribution < -0.4 is 5.32 Å². The van der Waals surface area contributed by atoms with Crippen molar-refractivity contribution in [2.75, 3.05) is 11.9 Å². The molecule has 92 valence electrons. The molecule has 0 aliphatic rings. The van der Waals surface area contributed by atoms with E-state index in [1.165, 1.54) is 0 Å². The first kappa shape index (κ1) is 13.3. The van der Waals surface area contributed by atoms with Crippen molar-refractivity contribution < 1.29 is 9.90 Å². The molecule has 0 atom stereocenters. The molecule has 0 saturated heterocycles. The molecule has 1 aromatic rings. The minimum absolute atomic E-state index is 0.100. The number of amides is 1. The lowest BCUT2D eigenvalue weighted by Gasteiger charge is -2.19. The maximum Gasteiger partial charge on any atom is 0.413 e. The van der Waals surface area contributed by atoms with E-state index in [1.54, 1.807) is 27.0 Å². The number of hydrogen-bond acceptors (Lipinski definition) is 4. The van der Waals surface area contributed by atoms with Crippen LogP contribution in [0.3, 0.4) is 0 Å². The van der Waals surface area contributed by atoms with Crippen molar-refractivity contribution in [1.82, 2.24) is 14.9 Å².